The van der Waals surface area contributed by atoms with Gasteiger partial charge in [-0.2, -0.15) is 9.97 Å². The molecule has 0 atom stereocenters. The van der Waals surface area contributed by atoms with Gasteiger partial charge in [-0.1, -0.05) is 5.16 Å². The second kappa shape index (κ2) is 4.56. The van der Waals surface area contributed by atoms with Crippen LogP contribution in [0.1, 0.15) is 5.82 Å². The summed E-state index contributed by atoms with van der Waals surface area (Å²) < 4.78 is 4.62. The van der Waals surface area contributed by atoms with Crippen molar-refractivity contribution in [3.8, 4) is 0 Å². The second-order valence-corrected chi connectivity index (χ2v) is 3.34. The number of nitrogens with one attached hydrogen (secondary N) is 1. The molecule has 7 nitrogen and oxygen atoms in total. The first-order chi connectivity index (χ1) is 7.75. The highest BCUT2D eigenvalue weighted by atomic mass is 16.5. The zero-order chi connectivity index (χ0) is 11.4. The molecule has 16 heavy (non-hydrogen) atoms. The van der Waals surface area contributed by atoms with Gasteiger partial charge in [0.1, 0.15) is 5.82 Å². The number of hydrogen-bond acceptors (Lipinski definition) is 7. The molecule has 0 saturated heterocycles. The van der Waals surface area contributed by atoms with E-state index in [1.165, 1.54) is 6.39 Å². The lowest BCUT2D eigenvalue weighted by atomic mass is 10.5. The van der Waals surface area contributed by atoms with Gasteiger partial charge < -0.3 is 14.7 Å². The van der Waals surface area contributed by atoms with Gasteiger partial charge >= 0.3 is 0 Å². The van der Waals surface area contributed by atoms with Crippen molar-refractivity contribution in [1.82, 2.24) is 20.1 Å². The highest BCUT2D eigenvalue weighted by Crippen LogP contribution is 2.08. The summed E-state index contributed by atoms with van der Waals surface area (Å²) in [5.41, 5.74) is 0. The largest absolute Gasteiger partial charge is 0.362 e. The summed E-state index contributed by atoms with van der Waals surface area (Å²) in [6.07, 6.45) is 2.99. The molecular weight excluding hydrogens is 208 g/mol. The molecule has 2 heterocycles. The van der Waals surface area contributed by atoms with Crippen LogP contribution in [0.3, 0.4) is 0 Å². The fourth-order valence-electron chi connectivity index (χ4n) is 1.10. The topological polar surface area (TPSA) is 80.0 Å². The summed E-state index contributed by atoms with van der Waals surface area (Å²) >= 11 is 0. The van der Waals surface area contributed by atoms with Gasteiger partial charge in [-0.05, 0) is 6.07 Å². The standard InChI is InChI=1S/C9H12N6O/c1-15(2)9-10-4-3-7(13-9)11-5-8-12-6-16-14-8/h3-4,6H,5H2,1-2H3,(H,10,11,13). The van der Waals surface area contributed by atoms with E-state index in [-0.39, 0.29) is 0 Å². The minimum absolute atomic E-state index is 0.473. The minimum atomic E-state index is 0.473. The third-order valence-electron chi connectivity index (χ3n) is 1.88. The van der Waals surface area contributed by atoms with Gasteiger partial charge in [0, 0.05) is 20.3 Å². The van der Waals surface area contributed by atoms with Crippen molar-refractivity contribution < 1.29 is 4.52 Å². The van der Waals surface area contributed by atoms with E-state index in [1.54, 1.807) is 12.3 Å². The fraction of sp³-hybridized carbons (Fsp3) is 0.333. The van der Waals surface area contributed by atoms with Crippen LogP contribution in [0.4, 0.5) is 11.8 Å². The Kier molecular flexibility index (Phi) is 2.95. The van der Waals surface area contributed by atoms with Crippen molar-refractivity contribution in [2.75, 3.05) is 24.3 Å². The molecule has 2 aromatic heterocycles. The normalized spacial score (nSPS) is 10.1. The Labute approximate surface area is 92.5 Å². The lowest BCUT2D eigenvalue weighted by Gasteiger charge is -2.10. The summed E-state index contributed by atoms with van der Waals surface area (Å²) in [6.45, 7) is 0.473. The van der Waals surface area contributed by atoms with Gasteiger partial charge in [-0.15, -0.1) is 0 Å². The monoisotopic (exact) mass is 220 g/mol. The van der Waals surface area contributed by atoms with E-state index in [1.807, 2.05) is 19.0 Å². The van der Waals surface area contributed by atoms with E-state index in [2.05, 4.69) is 29.9 Å². The molecular formula is C9H12N6O. The molecule has 2 aromatic rings. The van der Waals surface area contributed by atoms with Crippen LogP contribution in [0.5, 0.6) is 0 Å². The van der Waals surface area contributed by atoms with Gasteiger partial charge in [0.05, 0.1) is 6.54 Å². The maximum atomic E-state index is 4.62. The average molecular weight is 220 g/mol. The molecule has 0 aromatic carbocycles. The summed E-state index contributed by atoms with van der Waals surface area (Å²) in [4.78, 5) is 14.1. The molecule has 0 saturated carbocycles. The Balaban J connectivity index is 2.01. The van der Waals surface area contributed by atoms with Crippen LogP contribution in [-0.2, 0) is 6.54 Å². The molecule has 0 fully saturated rings. The number of anilines is 2. The first-order valence-electron chi connectivity index (χ1n) is 4.75. The SMILES string of the molecule is CN(C)c1nccc(NCc2ncon2)n1. The molecule has 0 bridgehead atoms. The van der Waals surface area contributed by atoms with Gasteiger partial charge in [-0.25, -0.2) is 4.98 Å². The summed E-state index contributed by atoms with van der Waals surface area (Å²) in [7, 11) is 3.77. The number of nitrogens with zero attached hydrogens (tertiary/aromatic N) is 5. The molecule has 1 N–H and O–H groups in total. The Morgan fingerprint density at radius 2 is 2.25 bits per heavy atom. The van der Waals surface area contributed by atoms with Crippen molar-refractivity contribution >= 4 is 11.8 Å². The van der Waals surface area contributed by atoms with Crippen molar-refractivity contribution in [2.24, 2.45) is 0 Å². The summed E-state index contributed by atoms with van der Waals surface area (Å²) in [5, 5.41) is 6.77. The highest BCUT2D eigenvalue weighted by Gasteiger charge is 2.02. The number of aromatic nitrogens is 4. The van der Waals surface area contributed by atoms with Crippen LogP contribution in [0.15, 0.2) is 23.2 Å². The van der Waals surface area contributed by atoms with E-state index >= 15 is 0 Å². The maximum Gasteiger partial charge on any atom is 0.226 e. The van der Waals surface area contributed by atoms with E-state index in [0.29, 0.717) is 18.3 Å². The molecule has 0 radical (unpaired) electrons. The molecule has 0 aliphatic heterocycles. The van der Waals surface area contributed by atoms with E-state index in [9.17, 15) is 0 Å². The Hall–Kier alpha value is -2.18. The van der Waals surface area contributed by atoms with Crippen molar-refractivity contribution in [1.29, 1.82) is 0 Å². The third-order valence-corrected chi connectivity index (χ3v) is 1.88. The van der Waals surface area contributed by atoms with Crippen molar-refractivity contribution in [3.05, 3.63) is 24.5 Å². The molecule has 0 unspecified atom stereocenters. The summed E-state index contributed by atoms with van der Waals surface area (Å²) in [5.74, 6) is 1.96. The van der Waals surface area contributed by atoms with Crippen LogP contribution in [-0.4, -0.2) is 34.2 Å². The van der Waals surface area contributed by atoms with Crippen LogP contribution in [0, 0.1) is 0 Å². The molecule has 2 rings (SSSR count). The van der Waals surface area contributed by atoms with Crippen LogP contribution < -0.4 is 10.2 Å². The van der Waals surface area contributed by atoms with E-state index in [0.717, 1.165) is 5.82 Å². The van der Waals surface area contributed by atoms with E-state index in [4.69, 9.17) is 0 Å². The number of rotatable bonds is 4. The van der Waals surface area contributed by atoms with Crippen LogP contribution in [0.25, 0.3) is 0 Å². The van der Waals surface area contributed by atoms with E-state index < -0.39 is 0 Å². The van der Waals surface area contributed by atoms with Gasteiger partial charge in [0.25, 0.3) is 0 Å². The third kappa shape index (κ3) is 2.44. The van der Waals surface area contributed by atoms with Gasteiger partial charge in [0.15, 0.2) is 5.82 Å². The highest BCUT2D eigenvalue weighted by molar-refractivity contribution is 5.40. The molecule has 0 aliphatic rings. The first-order valence-corrected chi connectivity index (χ1v) is 4.75. The molecule has 7 heteroatoms. The zero-order valence-electron chi connectivity index (χ0n) is 9.08. The Morgan fingerprint density at radius 1 is 1.38 bits per heavy atom. The Morgan fingerprint density at radius 3 is 2.94 bits per heavy atom. The van der Waals surface area contributed by atoms with Gasteiger partial charge in [0.2, 0.25) is 12.3 Å². The quantitative estimate of drug-likeness (QED) is 0.805. The Bertz CT molecular complexity index is 441. The lowest BCUT2D eigenvalue weighted by molar-refractivity contribution is 0.411. The predicted octanol–water partition coefficient (Wildman–Crippen LogP) is 0.538. The lowest BCUT2D eigenvalue weighted by Crippen LogP contribution is -2.13. The molecule has 84 valence electrons. The van der Waals surface area contributed by atoms with Crippen LogP contribution >= 0.6 is 0 Å². The van der Waals surface area contributed by atoms with Gasteiger partial charge in [-0.3, -0.25) is 0 Å². The van der Waals surface area contributed by atoms with Crippen molar-refractivity contribution in [2.45, 2.75) is 6.54 Å². The predicted molar refractivity (Wildman–Crippen MR) is 58.0 cm³/mol. The average Bonchev–Trinajstić information content (AvgIpc) is 2.79. The second-order valence-electron chi connectivity index (χ2n) is 3.34. The summed E-state index contributed by atoms with van der Waals surface area (Å²) in [6, 6.07) is 1.78. The minimum Gasteiger partial charge on any atom is -0.362 e. The smallest absolute Gasteiger partial charge is 0.226 e. The molecule has 0 aliphatic carbocycles. The first kappa shape index (κ1) is 10.3. The number of hydrogen-bond donors (Lipinski definition) is 1. The van der Waals surface area contributed by atoms with Crippen LogP contribution in [0.2, 0.25) is 0 Å². The molecule has 0 spiro atoms. The maximum absolute atomic E-state index is 4.62. The fourth-order valence-corrected chi connectivity index (χ4v) is 1.10. The van der Waals surface area contributed by atoms with Crippen molar-refractivity contribution in [3.63, 3.8) is 0 Å². The molecule has 0 amide bonds. The zero-order valence-corrected chi connectivity index (χ0v) is 9.08.